The molecule has 0 saturated heterocycles. The van der Waals surface area contributed by atoms with E-state index in [1.165, 1.54) is 0 Å². The molecule has 3 aromatic rings. The number of hydrogen-bond donors (Lipinski definition) is 1. The first-order valence-corrected chi connectivity index (χ1v) is 9.18. The number of hydrogen-bond acceptors (Lipinski definition) is 4. The Morgan fingerprint density at radius 3 is 2.46 bits per heavy atom. The van der Waals surface area contributed by atoms with Crippen molar-refractivity contribution >= 4 is 22.4 Å². The van der Waals surface area contributed by atoms with Gasteiger partial charge in [0.25, 0.3) is 0 Å². The van der Waals surface area contributed by atoms with Crippen molar-refractivity contribution in [2.75, 3.05) is 33.1 Å². The van der Waals surface area contributed by atoms with Crippen molar-refractivity contribution in [3.63, 3.8) is 0 Å². The van der Waals surface area contributed by atoms with Crippen molar-refractivity contribution < 1.29 is 14.3 Å². The summed E-state index contributed by atoms with van der Waals surface area (Å²) in [4.78, 5) is 14.4. The van der Waals surface area contributed by atoms with Crippen LogP contribution in [0.25, 0.3) is 10.8 Å². The molecular formula is C23H26N2O3. The van der Waals surface area contributed by atoms with E-state index in [1.807, 2.05) is 55.3 Å². The summed E-state index contributed by atoms with van der Waals surface area (Å²) in [5.74, 6) is 1.43. The van der Waals surface area contributed by atoms with Gasteiger partial charge in [0.1, 0.15) is 11.5 Å². The van der Waals surface area contributed by atoms with Gasteiger partial charge in [-0.2, -0.15) is 0 Å². The molecule has 3 aromatic carbocycles. The molecule has 0 saturated carbocycles. The fourth-order valence-electron chi connectivity index (χ4n) is 3.22. The number of benzene rings is 3. The average molecular weight is 378 g/mol. The Hall–Kier alpha value is -3.05. The van der Waals surface area contributed by atoms with Crippen LogP contribution < -0.4 is 14.8 Å². The maximum atomic E-state index is 12.5. The molecule has 0 aliphatic heterocycles. The molecule has 28 heavy (non-hydrogen) atoms. The predicted octanol–water partition coefficient (Wildman–Crippen LogP) is 4.24. The van der Waals surface area contributed by atoms with Gasteiger partial charge in [0, 0.05) is 6.54 Å². The molecule has 0 bridgehead atoms. The van der Waals surface area contributed by atoms with Crippen LogP contribution in [0.15, 0.2) is 54.6 Å². The van der Waals surface area contributed by atoms with Crippen molar-refractivity contribution in [1.29, 1.82) is 0 Å². The smallest absolute Gasteiger partial charge is 0.238 e. The van der Waals surface area contributed by atoms with Gasteiger partial charge < -0.3 is 14.8 Å². The summed E-state index contributed by atoms with van der Waals surface area (Å²) in [6, 6.07) is 18.1. The largest absolute Gasteiger partial charge is 0.497 e. The number of ether oxygens (including phenoxy) is 2. The summed E-state index contributed by atoms with van der Waals surface area (Å²) in [7, 11) is 5.20. The third-order valence-electron chi connectivity index (χ3n) is 4.61. The molecule has 1 N–H and O–H groups in total. The summed E-state index contributed by atoms with van der Waals surface area (Å²) in [5, 5.41) is 5.23. The van der Waals surface area contributed by atoms with Crippen LogP contribution in [0.4, 0.5) is 5.69 Å². The molecule has 0 heterocycles. The molecule has 0 radical (unpaired) electrons. The van der Waals surface area contributed by atoms with Crippen molar-refractivity contribution in [2.45, 2.75) is 13.5 Å². The van der Waals surface area contributed by atoms with Gasteiger partial charge in [0.15, 0.2) is 0 Å². The lowest BCUT2D eigenvalue weighted by Gasteiger charge is -2.18. The summed E-state index contributed by atoms with van der Waals surface area (Å²) in [6.07, 6.45) is 0. The van der Waals surface area contributed by atoms with E-state index in [2.05, 4.69) is 23.5 Å². The van der Waals surface area contributed by atoms with Crippen LogP contribution >= 0.6 is 0 Å². The van der Waals surface area contributed by atoms with Gasteiger partial charge >= 0.3 is 0 Å². The van der Waals surface area contributed by atoms with Crippen LogP contribution in [-0.2, 0) is 11.3 Å². The molecular weight excluding hydrogens is 352 g/mol. The highest BCUT2D eigenvalue weighted by Crippen LogP contribution is 2.25. The van der Waals surface area contributed by atoms with Gasteiger partial charge in [-0.1, -0.05) is 24.3 Å². The Balaban J connectivity index is 1.63. The third-order valence-corrected chi connectivity index (χ3v) is 4.61. The molecule has 3 rings (SSSR count). The van der Waals surface area contributed by atoms with Crippen LogP contribution in [-0.4, -0.2) is 38.6 Å². The van der Waals surface area contributed by atoms with Crippen LogP contribution in [0.5, 0.6) is 11.5 Å². The minimum atomic E-state index is -0.0723. The molecule has 0 aliphatic rings. The zero-order chi connectivity index (χ0) is 20.1. The van der Waals surface area contributed by atoms with Crippen molar-refractivity contribution in [3.8, 4) is 11.5 Å². The lowest BCUT2D eigenvalue weighted by atomic mass is 10.1. The van der Waals surface area contributed by atoms with Crippen LogP contribution in [0.2, 0.25) is 0 Å². The van der Waals surface area contributed by atoms with E-state index in [0.717, 1.165) is 27.6 Å². The second kappa shape index (κ2) is 8.76. The number of nitrogens with zero attached hydrogens (tertiary/aromatic N) is 1. The molecule has 0 aromatic heterocycles. The molecule has 0 unspecified atom stereocenters. The number of fused-ring (bicyclic) bond motifs is 1. The Kier molecular flexibility index (Phi) is 6.16. The SMILES string of the molecule is COc1ccc2cc(CN(C)CC(=O)Nc3cc(C)ccc3OC)ccc2c1. The highest BCUT2D eigenvalue weighted by molar-refractivity contribution is 5.93. The van der Waals surface area contributed by atoms with E-state index < -0.39 is 0 Å². The molecule has 0 spiro atoms. The summed E-state index contributed by atoms with van der Waals surface area (Å²) in [5.41, 5.74) is 2.92. The first-order valence-electron chi connectivity index (χ1n) is 9.18. The van der Waals surface area contributed by atoms with Crippen molar-refractivity contribution in [3.05, 3.63) is 65.7 Å². The minimum absolute atomic E-state index is 0.0723. The quantitative estimate of drug-likeness (QED) is 0.668. The van der Waals surface area contributed by atoms with Gasteiger partial charge in [-0.25, -0.2) is 0 Å². The zero-order valence-corrected chi connectivity index (χ0v) is 16.8. The van der Waals surface area contributed by atoms with Crippen LogP contribution in [0.1, 0.15) is 11.1 Å². The predicted molar refractivity (Wildman–Crippen MR) is 113 cm³/mol. The van der Waals surface area contributed by atoms with Gasteiger partial charge in [-0.05, 0) is 66.2 Å². The molecule has 0 aliphatic carbocycles. The van der Waals surface area contributed by atoms with Crippen molar-refractivity contribution in [2.24, 2.45) is 0 Å². The number of likely N-dealkylation sites (N-methyl/N-ethyl adjacent to an activating group) is 1. The monoisotopic (exact) mass is 378 g/mol. The maximum absolute atomic E-state index is 12.5. The number of amides is 1. The molecule has 5 nitrogen and oxygen atoms in total. The van der Waals surface area contributed by atoms with E-state index in [1.54, 1.807) is 14.2 Å². The standard InChI is InChI=1S/C23H26N2O3/c1-16-5-10-22(28-4)21(11-16)24-23(26)15-25(2)14-17-6-7-19-13-20(27-3)9-8-18(19)12-17/h5-13H,14-15H2,1-4H3,(H,24,26). The summed E-state index contributed by atoms with van der Waals surface area (Å²) in [6.45, 7) is 2.95. The van der Waals surface area contributed by atoms with E-state index in [4.69, 9.17) is 9.47 Å². The van der Waals surface area contributed by atoms with E-state index in [9.17, 15) is 4.79 Å². The van der Waals surface area contributed by atoms with Gasteiger partial charge in [-0.15, -0.1) is 0 Å². The first kappa shape index (κ1) is 19.7. The summed E-state index contributed by atoms with van der Waals surface area (Å²) >= 11 is 0. The fourth-order valence-corrected chi connectivity index (χ4v) is 3.22. The minimum Gasteiger partial charge on any atom is -0.497 e. The Bertz CT molecular complexity index is 985. The number of aryl methyl sites for hydroxylation is 1. The number of methoxy groups -OCH3 is 2. The lowest BCUT2D eigenvalue weighted by molar-refractivity contribution is -0.117. The highest BCUT2D eigenvalue weighted by atomic mass is 16.5. The van der Waals surface area contributed by atoms with Crippen LogP contribution in [0, 0.1) is 6.92 Å². The number of carbonyl (C=O) groups is 1. The summed E-state index contributed by atoms with van der Waals surface area (Å²) < 4.78 is 10.6. The van der Waals surface area contributed by atoms with Gasteiger partial charge in [0.05, 0.1) is 26.5 Å². The van der Waals surface area contributed by atoms with E-state index >= 15 is 0 Å². The van der Waals surface area contributed by atoms with E-state index in [-0.39, 0.29) is 12.5 Å². The topological polar surface area (TPSA) is 50.8 Å². The molecule has 0 atom stereocenters. The van der Waals surface area contributed by atoms with Crippen molar-refractivity contribution in [1.82, 2.24) is 4.90 Å². The number of nitrogens with one attached hydrogen (secondary N) is 1. The maximum Gasteiger partial charge on any atom is 0.238 e. The normalized spacial score (nSPS) is 10.9. The first-order chi connectivity index (χ1) is 13.5. The zero-order valence-electron chi connectivity index (χ0n) is 16.8. The molecule has 0 fully saturated rings. The second-order valence-electron chi connectivity index (χ2n) is 6.97. The molecule has 146 valence electrons. The number of rotatable bonds is 7. The number of anilines is 1. The van der Waals surface area contributed by atoms with E-state index in [0.29, 0.717) is 18.0 Å². The highest BCUT2D eigenvalue weighted by Gasteiger charge is 2.11. The van der Waals surface area contributed by atoms with Crippen LogP contribution in [0.3, 0.4) is 0 Å². The Morgan fingerprint density at radius 1 is 0.964 bits per heavy atom. The Labute approximate surface area is 165 Å². The van der Waals surface area contributed by atoms with Gasteiger partial charge in [-0.3, -0.25) is 9.69 Å². The molecule has 1 amide bonds. The average Bonchev–Trinajstić information content (AvgIpc) is 2.67. The second-order valence-corrected chi connectivity index (χ2v) is 6.97. The fraction of sp³-hybridized carbons (Fsp3) is 0.261. The lowest BCUT2D eigenvalue weighted by Crippen LogP contribution is -2.30. The number of carbonyl (C=O) groups excluding carboxylic acids is 1. The molecule has 5 heteroatoms. The Morgan fingerprint density at radius 2 is 1.71 bits per heavy atom. The van der Waals surface area contributed by atoms with Gasteiger partial charge in [0.2, 0.25) is 5.91 Å². The third kappa shape index (κ3) is 4.81.